The fourth-order valence-corrected chi connectivity index (χ4v) is 4.71. The van der Waals surface area contributed by atoms with Gasteiger partial charge in [0.15, 0.2) is 0 Å². The van der Waals surface area contributed by atoms with Crippen LogP contribution in [-0.4, -0.2) is 58.6 Å². The van der Waals surface area contributed by atoms with E-state index in [2.05, 4.69) is 38.1 Å². The molecule has 0 saturated carbocycles. The molecule has 6 nitrogen and oxygen atoms in total. The van der Waals surface area contributed by atoms with E-state index in [0.717, 1.165) is 40.0 Å². The molecule has 5 atom stereocenters. The molecule has 0 bridgehead atoms. The lowest BCUT2D eigenvalue weighted by atomic mass is 9.85. The molecule has 3 aromatic carbocycles. The van der Waals surface area contributed by atoms with Crippen molar-refractivity contribution in [3.8, 4) is 16.9 Å². The first kappa shape index (κ1) is 25.4. The fourth-order valence-electron chi connectivity index (χ4n) is 4.71. The maximum absolute atomic E-state index is 10.8. The van der Waals surface area contributed by atoms with Crippen LogP contribution in [0.1, 0.15) is 40.8 Å². The number of rotatable bonds is 7. The van der Waals surface area contributed by atoms with Crippen LogP contribution >= 0.6 is 0 Å². The molecule has 0 unspecified atom stereocenters. The summed E-state index contributed by atoms with van der Waals surface area (Å²) in [4.78, 5) is 0. The van der Waals surface area contributed by atoms with Crippen molar-refractivity contribution >= 4 is 0 Å². The van der Waals surface area contributed by atoms with E-state index in [0.29, 0.717) is 12.0 Å². The van der Waals surface area contributed by atoms with Gasteiger partial charge in [-0.15, -0.1) is 0 Å². The predicted octanol–water partition coefficient (Wildman–Crippen LogP) is 3.34. The van der Waals surface area contributed by atoms with Gasteiger partial charge in [0.25, 0.3) is 0 Å². The summed E-state index contributed by atoms with van der Waals surface area (Å²) in [7, 11) is 1.63. The largest absolute Gasteiger partial charge is 0.497 e. The minimum Gasteiger partial charge on any atom is -0.497 e. The molecule has 0 aliphatic carbocycles. The highest BCUT2D eigenvalue weighted by molar-refractivity contribution is 5.70. The third kappa shape index (κ3) is 5.27. The Morgan fingerprint density at radius 1 is 0.857 bits per heavy atom. The van der Waals surface area contributed by atoms with Gasteiger partial charge in [-0.25, -0.2) is 0 Å². The van der Waals surface area contributed by atoms with Gasteiger partial charge >= 0.3 is 0 Å². The number of hydrogen-bond donors (Lipinski definition) is 4. The van der Waals surface area contributed by atoms with Gasteiger partial charge in [-0.3, -0.25) is 0 Å². The van der Waals surface area contributed by atoms with Gasteiger partial charge in [0.05, 0.1) is 13.7 Å². The number of benzene rings is 3. The third-order valence-electron chi connectivity index (χ3n) is 6.99. The van der Waals surface area contributed by atoms with E-state index in [4.69, 9.17) is 9.47 Å². The van der Waals surface area contributed by atoms with Crippen molar-refractivity contribution < 1.29 is 29.9 Å². The summed E-state index contributed by atoms with van der Waals surface area (Å²) in [5.74, 6) is 0.757. The summed E-state index contributed by atoms with van der Waals surface area (Å²) in [6.07, 6.45) is -4.36. The number of aryl methyl sites for hydroxylation is 1. The van der Waals surface area contributed by atoms with E-state index in [1.165, 1.54) is 5.56 Å². The SMILES string of the molecule is CCc1ccc(Cc2cc([C@@H]3O[C@H](CO)[C@@H](O)[C@H](O)[C@H]3O)cc(-c3ccc(OC)cc3)c2C)cc1. The maximum Gasteiger partial charge on any atom is 0.118 e. The first-order chi connectivity index (χ1) is 16.9. The zero-order valence-corrected chi connectivity index (χ0v) is 20.4. The van der Waals surface area contributed by atoms with Crippen molar-refractivity contribution in [1.29, 1.82) is 0 Å². The van der Waals surface area contributed by atoms with Crippen LogP contribution in [0.5, 0.6) is 5.75 Å². The van der Waals surface area contributed by atoms with Crippen molar-refractivity contribution in [2.24, 2.45) is 0 Å². The Morgan fingerprint density at radius 3 is 2.11 bits per heavy atom. The van der Waals surface area contributed by atoms with Crippen LogP contribution in [0.15, 0.2) is 60.7 Å². The van der Waals surface area contributed by atoms with Gasteiger partial charge in [-0.05, 0) is 76.9 Å². The molecule has 0 spiro atoms. The summed E-state index contributed by atoms with van der Waals surface area (Å²) >= 11 is 0. The second-order valence-corrected chi connectivity index (χ2v) is 9.18. The van der Waals surface area contributed by atoms with Gasteiger partial charge < -0.3 is 29.9 Å². The van der Waals surface area contributed by atoms with Gasteiger partial charge in [0.2, 0.25) is 0 Å². The average molecular weight is 479 g/mol. The topological polar surface area (TPSA) is 99.4 Å². The molecule has 1 heterocycles. The fraction of sp³-hybridized carbons (Fsp3) is 0.379. The van der Waals surface area contributed by atoms with E-state index in [9.17, 15) is 20.4 Å². The van der Waals surface area contributed by atoms with Crippen LogP contribution in [0, 0.1) is 6.92 Å². The number of ether oxygens (including phenoxy) is 2. The van der Waals surface area contributed by atoms with Gasteiger partial charge in [0.1, 0.15) is 36.3 Å². The van der Waals surface area contributed by atoms with Gasteiger partial charge in [-0.2, -0.15) is 0 Å². The molecule has 0 amide bonds. The molecule has 1 aliphatic rings. The number of methoxy groups -OCH3 is 1. The molecule has 186 valence electrons. The molecule has 0 radical (unpaired) electrons. The van der Waals surface area contributed by atoms with Crippen molar-refractivity contribution in [3.63, 3.8) is 0 Å². The summed E-state index contributed by atoms with van der Waals surface area (Å²) in [6, 6.07) is 20.2. The molecule has 4 rings (SSSR count). The van der Waals surface area contributed by atoms with Gasteiger partial charge in [-0.1, -0.05) is 49.4 Å². The summed E-state index contributed by atoms with van der Waals surface area (Å²) in [6.45, 7) is 3.74. The van der Waals surface area contributed by atoms with Crippen molar-refractivity contribution in [2.45, 2.75) is 57.2 Å². The van der Waals surface area contributed by atoms with Crippen LogP contribution in [0.2, 0.25) is 0 Å². The molecule has 35 heavy (non-hydrogen) atoms. The van der Waals surface area contributed by atoms with Crippen molar-refractivity contribution in [1.82, 2.24) is 0 Å². The lowest BCUT2D eigenvalue weighted by Crippen LogP contribution is -2.55. The molecule has 1 fully saturated rings. The smallest absolute Gasteiger partial charge is 0.118 e. The Hall–Kier alpha value is -2.74. The first-order valence-corrected chi connectivity index (χ1v) is 12.0. The third-order valence-corrected chi connectivity index (χ3v) is 6.99. The second-order valence-electron chi connectivity index (χ2n) is 9.18. The molecule has 0 aromatic heterocycles. The van der Waals surface area contributed by atoms with E-state index < -0.39 is 37.1 Å². The zero-order valence-electron chi connectivity index (χ0n) is 20.4. The van der Waals surface area contributed by atoms with E-state index in [-0.39, 0.29) is 0 Å². The number of aliphatic hydroxyl groups excluding tert-OH is 4. The normalized spacial score (nSPS) is 24.4. The second kappa shape index (κ2) is 10.9. The van der Waals surface area contributed by atoms with Crippen molar-refractivity contribution in [3.05, 3.63) is 88.5 Å². The summed E-state index contributed by atoms with van der Waals surface area (Å²) in [5, 5.41) is 41.0. The highest BCUT2D eigenvalue weighted by Gasteiger charge is 2.44. The van der Waals surface area contributed by atoms with E-state index >= 15 is 0 Å². The Bertz CT molecular complexity index is 1120. The van der Waals surface area contributed by atoms with Gasteiger partial charge in [0, 0.05) is 0 Å². The Balaban J connectivity index is 1.79. The molecular weight excluding hydrogens is 444 g/mol. The predicted molar refractivity (Wildman–Crippen MR) is 135 cm³/mol. The molecule has 1 saturated heterocycles. The van der Waals surface area contributed by atoms with Crippen LogP contribution in [0.4, 0.5) is 0 Å². The molecule has 3 aromatic rings. The Morgan fingerprint density at radius 2 is 1.51 bits per heavy atom. The monoisotopic (exact) mass is 478 g/mol. The summed E-state index contributed by atoms with van der Waals surface area (Å²) < 4.78 is 11.2. The quantitative estimate of drug-likeness (QED) is 0.416. The standard InChI is InChI=1S/C29H34O6/c1-4-18-5-7-19(8-6-18)13-21-14-22(29-28(33)27(32)26(31)25(16-30)35-29)15-24(17(21)2)20-9-11-23(34-3)12-10-20/h5-12,14-15,25-33H,4,13,16H2,1-3H3/t25-,26-,27+,28-,29+/m1/s1. The van der Waals surface area contributed by atoms with Crippen LogP contribution < -0.4 is 4.74 Å². The summed E-state index contributed by atoms with van der Waals surface area (Å²) in [5.41, 5.74) is 7.24. The number of hydrogen-bond acceptors (Lipinski definition) is 6. The lowest BCUT2D eigenvalue weighted by molar-refractivity contribution is -0.231. The Kier molecular flexibility index (Phi) is 7.89. The average Bonchev–Trinajstić information content (AvgIpc) is 2.89. The molecule has 6 heteroatoms. The maximum atomic E-state index is 10.8. The van der Waals surface area contributed by atoms with Crippen molar-refractivity contribution in [2.75, 3.05) is 13.7 Å². The number of aliphatic hydroxyl groups is 4. The molecule has 1 aliphatic heterocycles. The minimum absolute atomic E-state index is 0.463. The highest BCUT2D eigenvalue weighted by atomic mass is 16.5. The van der Waals surface area contributed by atoms with Crippen LogP contribution in [0.3, 0.4) is 0 Å². The molecular formula is C29H34O6. The van der Waals surface area contributed by atoms with Crippen LogP contribution in [-0.2, 0) is 17.6 Å². The zero-order chi connectivity index (χ0) is 25.1. The molecule has 4 N–H and O–H groups in total. The minimum atomic E-state index is -1.43. The highest BCUT2D eigenvalue weighted by Crippen LogP contribution is 2.37. The van der Waals surface area contributed by atoms with Crippen LogP contribution in [0.25, 0.3) is 11.1 Å². The van der Waals surface area contributed by atoms with E-state index in [1.807, 2.05) is 36.4 Å². The lowest BCUT2D eigenvalue weighted by Gasteiger charge is -2.40. The van der Waals surface area contributed by atoms with E-state index in [1.54, 1.807) is 7.11 Å². The first-order valence-electron chi connectivity index (χ1n) is 12.0. The Labute approximate surface area is 206 Å².